The average molecular weight is 308 g/mol. The second kappa shape index (κ2) is 6.27. The van der Waals surface area contributed by atoms with Crippen molar-refractivity contribution in [1.82, 2.24) is 0 Å². The number of hydrogen-bond acceptors (Lipinski definition) is 2. The van der Waals surface area contributed by atoms with Crippen LogP contribution in [0, 0.1) is 11.8 Å². The maximum Gasteiger partial charge on any atom is 0.0314 e. The Morgan fingerprint density at radius 2 is 1.30 bits per heavy atom. The van der Waals surface area contributed by atoms with Crippen LogP contribution in [0.3, 0.4) is 0 Å². The van der Waals surface area contributed by atoms with Gasteiger partial charge >= 0.3 is 0 Å². The van der Waals surface area contributed by atoms with Crippen molar-refractivity contribution in [2.75, 3.05) is 11.5 Å². The standard InChI is InChI=1S/C21H28N2/c1-15(2)20-5-3-4-14-21(20,16-6-10-18(22)11-7-16)17-8-12-19(23)13-9-17/h6-13,15,20H,3-5,14,22-23H2,1-2H3. The predicted octanol–water partition coefficient (Wildman–Crippen LogP) is 4.98. The highest BCUT2D eigenvalue weighted by Crippen LogP contribution is 2.51. The first-order chi connectivity index (χ1) is 11.0. The molecule has 1 unspecified atom stereocenters. The van der Waals surface area contributed by atoms with E-state index in [1.807, 2.05) is 24.3 Å². The van der Waals surface area contributed by atoms with Crippen LogP contribution in [0.5, 0.6) is 0 Å². The molecule has 122 valence electrons. The molecule has 2 aromatic carbocycles. The van der Waals surface area contributed by atoms with Gasteiger partial charge in [-0.1, -0.05) is 51.0 Å². The Balaban J connectivity index is 2.19. The molecular formula is C21H28N2. The molecule has 0 heterocycles. The molecule has 1 fully saturated rings. The summed E-state index contributed by atoms with van der Waals surface area (Å²) < 4.78 is 0. The van der Waals surface area contributed by atoms with Crippen LogP contribution in [0.2, 0.25) is 0 Å². The molecular weight excluding hydrogens is 280 g/mol. The van der Waals surface area contributed by atoms with Crippen molar-refractivity contribution in [3.05, 3.63) is 59.7 Å². The van der Waals surface area contributed by atoms with Gasteiger partial charge in [0.15, 0.2) is 0 Å². The van der Waals surface area contributed by atoms with Crippen LogP contribution in [0.4, 0.5) is 11.4 Å². The zero-order valence-electron chi connectivity index (χ0n) is 14.3. The van der Waals surface area contributed by atoms with Gasteiger partial charge in [0.05, 0.1) is 0 Å². The Hall–Kier alpha value is -1.96. The van der Waals surface area contributed by atoms with Gasteiger partial charge in [0.2, 0.25) is 0 Å². The van der Waals surface area contributed by atoms with Crippen LogP contribution >= 0.6 is 0 Å². The molecule has 0 aromatic heterocycles. The van der Waals surface area contributed by atoms with Crippen molar-refractivity contribution >= 4 is 11.4 Å². The molecule has 23 heavy (non-hydrogen) atoms. The molecule has 4 N–H and O–H groups in total. The number of rotatable bonds is 3. The Kier molecular flexibility index (Phi) is 4.34. The largest absolute Gasteiger partial charge is 0.399 e. The van der Waals surface area contributed by atoms with Gasteiger partial charge in [0, 0.05) is 16.8 Å². The van der Waals surface area contributed by atoms with Gasteiger partial charge in [0.25, 0.3) is 0 Å². The summed E-state index contributed by atoms with van der Waals surface area (Å²) >= 11 is 0. The van der Waals surface area contributed by atoms with Gasteiger partial charge in [-0.15, -0.1) is 0 Å². The lowest BCUT2D eigenvalue weighted by molar-refractivity contribution is 0.170. The van der Waals surface area contributed by atoms with Crippen LogP contribution in [0.1, 0.15) is 50.7 Å². The first kappa shape index (κ1) is 15.9. The molecule has 1 saturated carbocycles. The van der Waals surface area contributed by atoms with Crippen molar-refractivity contribution in [3.63, 3.8) is 0 Å². The molecule has 1 aliphatic rings. The SMILES string of the molecule is CC(C)C1CCCCC1(c1ccc(N)cc1)c1ccc(N)cc1. The van der Waals surface area contributed by atoms with Crippen molar-refractivity contribution in [2.24, 2.45) is 11.8 Å². The average Bonchev–Trinajstić information content (AvgIpc) is 2.56. The number of hydrogen-bond donors (Lipinski definition) is 2. The summed E-state index contributed by atoms with van der Waals surface area (Å²) in [6, 6.07) is 17.1. The van der Waals surface area contributed by atoms with Gasteiger partial charge in [-0.3, -0.25) is 0 Å². The molecule has 1 aliphatic carbocycles. The normalized spacial score (nSPS) is 20.6. The lowest BCUT2D eigenvalue weighted by Gasteiger charge is -2.47. The van der Waals surface area contributed by atoms with E-state index in [1.54, 1.807) is 0 Å². The van der Waals surface area contributed by atoms with Crippen molar-refractivity contribution in [2.45, 2.75) is 44.9 Å². The van der Waals surface area contributed by atoms with Gasteiger partial charge in [-0.25, -0.2) is 0 Å². The Bertz CT molecular complexity index is 595. The Morgan fingerprint density at radius 1 is 0.826 bits per heavy atom. The fourth-order valence-corrected chi connectivity index (χ4v) is 4.55. The van der Waals surface area contributed by atoms with Crippen LogP contribution in [0.25, 0.3) is 0 Å². The minimum absolute atomic E-state index is 0.0772. The summed E-state index contributed by atoms with van der Waals surface area (Å²) in [4.78, 5) is 0. The van der Waals surface area contributed by atoms with Gasteiger partial charge < -0.3 is 11.5 Å². The molecule has 2 aromatic rings. The van der Waals surface area contributed by atoms with E-state index in [9.17, 15) is 0 Å². The number of anilines is 2. The molecule has 0 radical (unpaired) electrons. The highest BCUT2D eigenvalue weighted by molar-refractivity contribution is 5.49. The molecule has 0 spiro atoms. The van der Waals surface area contributed by atoms with Gasteiger partial charge in [-0.05, 0) is 60.1 Å². The van der Waals surface area contributed by atoms with E-state index in [1.165, 1.54) is 36.8 Å². The van der Waals surface area contributed by atoms with Crippen molar-refractivity contribution in [3.8, 4) is 0 Å². The summed E-state index contributed by atoms with van der Waals surface area (Å²) in [6.45, 7) is 4.72. The molecule has 3 rings (SSSR count). The first-order valence-electron chi connectivity index (χ1n) is 8.76. The van der Waals surface area contributed by atoms with E-state index in [-0.39, 0.29) is 5.41 Å². The van der Waals surface area contributed by atoms with E-state index in [0.717, 1.165) is 11.4 Å². The van der Waals surface area contributed by atoms with Crippen molar-refractivity contribution < 1.29 is 0 Å². The van der Waals surface area contributed by atoms with E-state index in [2.05, 4.69) is 38.1 Å². The Labute approximate surface area is 139 Å². The molecule has 2 heteroatoms. The van der Waals surface area contributed by atoms with Crippen LogP contribution in [-0.2, 0) is 5.41 Å². The molecule has 0 saturated heterocycles. The summed E-state index contributed by atoms with van der Waals surface area (Å²) in [5.74, 6) is 1.29. The van der Waals surface area contributed by atoms with E-state index in [0.29, 0.717) is 11.8 Å². The zero-order chi connectivity index (χ0) is 16.4. The highest BCUT2D eigenvalue weighted by Gasteiger charge is 2.44. The topological polar surface area (TPSA) is 52.0 Å². The maximum atomic E-state index is 5.94. The minimum Gasteiger partial charge on any atom is -0.399 e. The third-order valence-corrected chi connectivity index (χ3v) is 5.63. The second-order valence-corrected chi connectivity index (χ2v) is 7.31. The maximum absolute atomic E-state index is 5.94. The van der Waals surface area contributed by atoms with Crippen LogP contribution < -0.4 is 11.5 Å². The molecule has 0 aliphatic heterocycles. The quantitative estimate of drug-likeness (QED) is 0.785. The lowest BCUT2D eigenvalue weighted by atomic mass is 9.56. The van der Waals surface area contributed by atoms with Crippen molar-refractivity contribution in [1.29, 1.82) is 0 Å². The van der Waals surface area contributed by atoms with E-state index in [4.69, 9.17) is 11.5 Å². The van der Waals surface area contributed by atoms with Crippen LogP contribution in [-0.4, -0.2) is 0 Å². The number of nitrogens with two attached hydrogens (primary N) is 2. The van der Waals surface area contributed by atoms with Gasteiger partial charge in [-0.2, -0.15) is 0 Å². The fourth-order valence-electron chi connectivity index (χ4n) is 4.55. The highest BCUT2D eigenvalue weighted by atomic mass is 14.6. The smallest absolute Gasteiger partial charge is 0.0314 e. The third-order valence-electron chi connectivity index (χ3n) is 5.63. The fraction of sp³-hybridized carbons (Fsp3) is 0.429. The minimum atomic E-state index is 0.0772. The first-order valence-corrected chi connectivity index (χ1v) is 8.76. The summed E-state index contributed by atoms with van der Waals surface area (Å²) in [6.07, 6.45) is 5.09. The summed E-state index contributed by atoms with van der Waals surface area (Å²) in [5, 5.41) is 0. The molecule has 0 amide bonds. The predicted molar refractivity (Wildman–Crippen MR) is 99.3 cm³/mol. The summed E-state index contributed by atoms with van der Waals surface area (Å²) in [5.41, 5.74) is 16.4. The van der Waals surface area contributed by atoms with E-state index < -0.39 is 0 Å². The van der Waals surface area contributed by atoms with E-state index >= 15 is 0 Å². The third kappa shape index (κ3) is 2.83. The zero-order valence-corrected chi connectivity index (χ0v) is 14.3. The lowest BCUT2D eigenvalue weighted by Crippen LogP contribution is -2.42. The van der Waals surface area contributed by atoms with Gasteiger partial charge in [0.1, 0.15) is 0 Å². The Morgan fingerprint density at radius 3 is 1.74 bits per heavy atom. The second-order valence-electron chi connectivity index (χ2n) is 7.31. The number of benzene rings is 2. The molecule has 1 atom stereocenters. The molecule has 2 nitrogen and oxygen atoms in total. The summed E-state index contributed by atoms with van der Waals surface area (Å²) in [7, 11) is 0. The number of nitrogen functional groups attached to an aromatic ring is 2. The van der Waals surface area contributed by atoms with Crippen LogP contribution in [0.15, 0.2) is 48.5 Å². The molecule has 0 bridgehead atoms. The monoisotopic (exact) mass is 308 g/mol.